The minimum absolute atomic E-state index is 0.221. The third kappa shape index (κ3) is 30.6. The quantitative estimate of drug-likeness (QED) is 0.0489. The van der Waals surface area contributed by atoms with Crippen LogP contribution in [0.5, 0.6) is 11.5 Å². The van der Waals surface area contributed by atoms with Crippen LogP contribution in [0.25, 0.3) is 0 Å². The molecule has 2 rings (SSSR count). The van der Waals surface area contributed by atoms with Crippen molar-refractivity contribution in [3.8, 4) is 11.5 Å². The fourth-order valence-corrected chi connectivity index (χ4v) is 9.74. The van der Waals surface area contributed by atoms with Gasteiger partial charge in [0, 0.05) is 5.41 Å². The van der Waals surface area contributed by atoms with E-state index in [0.29, 0.717) is 26.4 Å². The van der Waals surface area contributed by atoms with Gasteiger partial charge in [0.15, 0.2) is 0 Å². The van der Waals surface area contributed by atoms with Gasteiger partial charge in [0.2, 0.25) is 0 Å². The molecule has 0 unspecified atom stereocenters. The minimum atomic E-state index is -1.46. The predicted molar refractivity (Wildman–Crippen MR) is 274 cm³/mol. The van der Waals surface area contributed by atoms with Crippen LogP contribution in [0.2, 0.25) is 0 Å². The van der Waals surface area contributed by atoms with Gasteiger partial charge >= 0.3 is 17.2 Å². The summed E-state index contributed by atoms with van der Waals surface area (Å²) in [5.41, 5.74) is 2.21. The second-order valence-corrected chi connectivity index (χ2v) is 22.7. The molecule has 0 bridgehead atoms. The Kier molecular flexibility index (Phi) is 33.8. The first kappa shape index (κ1) is 57.9. The van der Waals surface area contributed by atoms with Crippen LogP contribution in [0.3, 0.4) is 0 Å². The molecule has 63 heavy (non-hydrogen) atoms. The molecule has 6 nitrogen and oxygen atoms in total. The summed E-state index contributed by atoms with van der Waals surface area (Å²) < 4.78 is 37.8. The molecule has 0 radical (unpaired) electrons. The van der Waals surface area contributed by atoms with Gasteiger partial charge in [-0.3, -0.25) is 0 Å². The second-order valence-electron chi connectivity index (χ2n) is 20.4. The van der Waals surface area contributed by atoms with Crippen LogP contribution in [0, 0.1) is 23.7 Å². The van der Waals surface area contributed by atoms with Crippen LogP contribution in [-0.4, -0.2) is 26.4 Å². The standard InChI is InChI=1S/C55H98O6P2/c1-47(2)31-23-15-11-19-27-43-56-62(57-44-28-20-12-16-24-32-48(3)4)60-53-39-35-51(36-40-53)55(9,10)52-37-41-54(42-38-52)61-63(58-45-29-21-13-17-25-33-49(5)6)59-46-30-22-14-18-26-34-50(7)8/h35-42,47-50H,11-34,43-46H2,1-10H3. The number of hydrogen-bond acceptors (Lipinski definition) is 6. The van der Waals surface area contributed by atoms with E-state index in [1.807, 2.05) is 0 Å². The molecule has 0 heterocycles. The van der Waals surface area contributed by atoms with Crippen molar-refractivity contribution in [1.82, 2.24) is 0 Å². The van der Waals surface area contributed by atoms with Crippen molar-refractivity contribution in [2.24, 2.45) is 23.7 Å². The van der Waals surface area contributed by atoms with Crippen molar-refractivity contribution in [3.05, 3.63) is 59.7 Å². The highest BCUT2D eigenvalue weighted by molar-refractivity contribution is 7.42. The van der Waals surface area contributed by atoms with Gasteiger partial charge in [0.25, 0.3) is 0 Å². The Morgan fingerprint density at radius 3 is 0.794 bits per heavy atom. The Morgan fingerprint density at radius 1 is 0.333 bits per heavy atom. The van der Waals surface area contributed by atoms with Crippen molar-refractivity contribution in [1.29, 1.82) is 0 Å². The largest absolute Gasteiger partial charge is 0.427 e. The van der Waals surface area contributed by atoms with Gasteiger partial charge in [0.1, 0.15) is 11.5 Å². The Morgan fingerprint density at radius 2 is 0.556 bits per heavy atom. The lowest BCUT2D eigenvalue weighted by Gasteiger charge is -2.27. The van der Waals surface area contributed by atoms with Crippen LogP contribution in [0.15, 0.2) is 48.5 Å². The van der Waals surface area contributed by atoms with Crippen LogP contribution in [0.1, 0.15) is 234 Å². The SMILES string of the molecule is CC(C)CCCCCCCOP(OCCCCCCCC(C)C)Oc1ccc(C(C)(C)c2ccc(OP(OCCCCCCCC(C)C)OCCCCCCCC(C)C)cc2)cc1. The van der Waals surface area contributed by atoms with Gasteiger partial charge in [-0.15, -0.1) is 0 Å². The topological polar surface area (TPSA) is 55.4 Å². The molecule has 2 aromatic carbocycles. The van der Waals surface area contributed by atoms with Crippen molar-refractivity contribution < 1.29 is 27.1 Å². The highest BCUT2D eigenvalue weighted by atomic mass is 31.2. The third-order valence-corrected chi connectivity index (χ3v) is 14.3. The summed E-state index contributed by atoms with van der Waals surface area (Å²) >= 11 is 0. The lowest BCUT2D eigenvalue weighted by Crippen LogP contribution is -2.18. The van der Waals surface area contributed by atoms with E-state index in [2.05, 4.69) is 118 Å². The molecular weight excluding hydrogens is 819 g/mol. The molecule has 0 saturated carbocycles. The van der Waals surface area contributed by atoms with E-state index in [1.54, 1.807) is 0 Å². The molecule has 0 aliphatic rings. The molecule has 0 fully saturated rings. The van der Waals surface area contributed by atoms with Crippen LogP contribution in [-0.2, 0) is 23.5 Å². The minimum Gasteiger partial charge on any atom is -0.427 e. The highest BCUT2D eigenvalue weighted by Crippen LogP contribution is 2.44. The lowest BCUT2D eigenvalue weighted by atomic mass is 9.78. The molecule has 8 heteroatoms. The molecule has 0 atom stereocenters. The van der Waals surface area contributed by atoms with Gasteiger partial charge in [-0.25, -0.2) is 0 Å². The number of unbranched alkanes of at least 4 members (excludes halogenated alkanes) is 16. The molecule has 364 valence electrons. The van der Waals surface area contributed by atoms with Crippen LogP contribution in [0.4, 0.5) is 0 Å². The van der Waals surface area contributed by atoms with E-state index in [0.717, 1.165) is 60.9 Å². The van der Waals surface area contributed by atoms with Crippen LogP contribution >= 0.6 is 17.2 Å². The first-order valence-corrected chi connectivity index (χ1v) is 28.2. The maximum Gasteiger partial charge on any atom is 0.397 e. The van der Waals surface area contributed by atoms with E-state index < -0.39 is 17.2 Å². The summed E-state index contributed by atoms with van der Waals surface area (Å²) in [4.78, 5) is 0. The fraction of sp³-hybridized carbons (Fsp3) is 0.782. The normalized spacial score (nSPS) is 12.3. The summed E-state index contributed by atoms with van der Waals surface area (Å²) in [5.74, 6) is 4.75. The zero-order valence-corrected chi connectivity index (χ0v) is 44.4. The summed E-state index contributed by atoms with van der Waals surface area (Å²) in [6.07, 6.45) is 29.8. The first-order valence-electron chi connectivity index (χ1n) is 26.1. The van der Waals surface area contributed by atoms with Gasteiger partial charge in [-0.05, 0) is 84.7 Å². The van der Waals surface area contributed by atoms with E-state index in [1.165, 1.54) is 140 Å². The number of rotatable bonds is 42. The van der Waals surface area contributed by atoms with Crippen LogP contribution < -0.4 is 9.05 Å². The summed E-state index contributed by atoms with van der Waals surface area (Å²) in [5, 5.41) is 0. The Labute approximate surface area is 392 Å². The Balaban J connectivity index is 1.96. The molecule has 0 spiro atoms. The highest BCUT2D eigenvalue weighted by Gasteiger charge is 2.25. The molecule has 2 aromatic rings. The molecule has 0 amide bonds. The maximum atomic E-state index is 6.39. The molecular formula is C55H98O6P2. The monoisotopic (exact) mass is 917 g/mol. The van der Waals surface area contributed by atoms with Gasteiger partial charge in [-0.1, -0.05) is 222 Å². The summed E-state index contributed by atoms with van der Waals surface area (Å²) in [7, 11) is -2.91. The molecule has 0 saturated heterocycles. The summed E-state index contributed by atoms with van der Waals surface area (Å²) in [6, 6.07) is 17.0. The molecule has 0 aliphatic carbocycles. The van der Waals surface area contributed by atoms with Gasteiger partial charge in [0.05, 0.1) is 26.4 Å². The average Bonchev–Trinajstić information content (AvgIpc) is 3.24. The third-order valence-electron chi connectivity index (χ3n) is 12.0. The smallest absolute Gasteiger partial charge is 0.397 e. The fourth-order valence-electron chi connectivity index (χ4n) is 7.68. The maximum absolute atomic E-state index is 6.39. The van der Waals surface area contributed by atoms with Crippen molar-refractivity contribution >= 4 is 17.2 Å². The average molecular weight is 917 g/mol. The van der Waals surface area contributed by atoms with Gasteiger partial charge < -0.3 is 27.1 Å². The number of hydrogen-bond donors (Lipinski definition) is 0. The zero-order chi connectivity index (χ0) is 46.0. The zero-order valence-electron chi connectivity index (χ0n) is 42.6. The van der Waals surface area contributed by atoms with Crippen molar-refractivity contribution in [2.45, 2.75) is 229 Å². The Bertz CT molecular complexity index is 1170. The first-order chi connectivity index (χ1) is 30.4. The van der Waals surface area contributed by atoms with Crippen molar-refractivity contribution in [3.63, 3.8) is 0 Å². The summed E-state index contributed by atoms with van der Waals surface area (Å²) in [6.45, 7) is 25.7. The van der Waals surface area contributed by atoms with Crippen molar-refractivity contribution in [2.75, 3.05) is 26.4 Å². The number of benzene rings is 2. The van der Waals surface area contributed by atoms with E-state index in [9.17, 15) is 0 Å². The van der Waals surface area contributed by atoms with E-state index in [-0.39, 0.29) is 5.41 Å². The predicted octanol–water partition coefficient (Wildman–Crippen LogP) is 19.3. The molecule has 0 aromatic heterocycles. The van der Waals surface area contributed by atoms with E-state index in [4.69, 9.17) is 27.1 Å². The molecule has 0 N–H and O–H groups in total. The Hall–Kier alpha value is -1.26. The second kappa shape index (κ2) is 36.8. The van der Waals surface area contributed by atoms with Gasteiger partial charge in [-0.2, -0.15) is 0 Å². The van der Waals surface area contributed by atoms with E-state index >= 15 is 0 Å². The molecule has 0 aliphatic heterocycles. The lowest BCUT2D eigenvalue weighted by molar-refractivity contribution is 0.198.